The molecule has 0 saturated heterocycles. The second kappa shape index (κ2) is 9.94. The number of carbonyl (C=O) groups is 2. The number of rotatable bonds is 6. The lowest BCUT2D eigenvalue weighted by molar-refractivity contribution is 0.0912. The van der Waals surface area contributed by atoms with Gasteiger partial charge in [0.15, 0.2) is 0 Å². The number of hydrogen-bond acceptors (Lipinski definition) is 4. The van der Waals surface area contributed by atoms with E-state index in [2.05, 4.69) is 15.6 Å². The van der Waals surface area contributed by atoms with Gasteiger partial charge in [0.25, 0.3) is 5.91 Å². The summed E-state index contributed by atoms with van der Waals surface area (Å²) >= 11 is 0. The van der Waals surface area contributed by atoms with Crippen LogP contribution in [0.3, 0.4) is 0 Å². The maximum atomic E-state index is 12.0. The van der Waals surface area contributed by atoms with E-state index in [1.165, 1.54) is 0 Å². The number of amides is 2. The van der Waals surface area contributed by atoms with Crippen LogP contribution in [0.5, 0.6) is 5.75 Å². The predicted octanol–water partition coefficient (Wildman–Crippen LogP) is 4.32. The third kappa shape index (κ3) is 5.59. The normalized spacial score (nSPS) is 10.1. The standard InChI is InChI=1S/C23H22N2O4/c1-2-28-23(27)25-24-22(26)19-14-12-17(13-15-19)16-29-21-11-7-6-10-20(21)18-8-4-3-5-9-18/h3-15H,2,16H2,1H3,(H,24,26)(H,25,27). The average molecular weight is 390 g/mol. The van der Waals surface area contributed by atoms with Crippen LogP contribution in [0, 0.1) is 0 Å². The zero-order valence-corrected chi connectivity index (χ0v) is 16.1. The van der Waals surface area contributed by atoms with Crippen molar-refractivity contribution >= 4 is 12.0 Å². The van der Waals surface area contributed by atoms with Crippen molar-refractivity contribution in [2.45, 2.75) is 13.5 Å². The molecule has 0 spiro atoms. The molecule has 0 saturated carbocycles. The zero-order chi connectivity index (χ0) is 20.5. The molecular weight excluding hydrogens is 368 g/mol. The van der Waals surface area contributed by atoms with Gasteiger partial charge in [-0.15, -0.1) is 0 Å². The number of carbonyl (C=O) groups excluding carboxylic acids is 2. The quantitative estimate of drug-likeness (QED) is 0.615. The first-order valence-electron chi connectivity index (χ1n) is 9.26. The fourth-order valence-electron chi connectivity index (χ4n) is 2.71. The predicted molar refractivity (Wildman–Crippen MR) is 110 cm³/mol. The van der Waals surface area contributed by atoms with Crippen LogP contribution < -0.4 is 15.6 Å². The highest BCUT2D eigenvalue weighted by atomic mass is 16.6. The Kier molecular flexibility index (Phi) is 6.84. The van der Waals surface area contributed by atoms with Crippen LogP contribution in [0.25, 0.3) is 11.1 Å². The molecule has 0 aliphatic heterocycles. The van der Waals surface area contributed by atoms with E-state index in [1.54, 1.807) is 19.1 Å². The molecule has 0 atom stereocenters. The Balaban J connectivity index is 1.60. The van der Waals surface area contributed by atoms with Gasteiger partial charge < -0.3 is 9.47 Å². The van der Waals surface area contributed by atoms with E-state index in [-0.39, 0.29) is 6.61 Å². The molecule has 0 bridgehead atoms. The van der Waals surface area contributed by atoms with Gasteiger partial charge in [0, 0.05) is 11.1 Å². The van der Waals surface area contributed by atoms with Crippen molar-refractivity contribution in [1.82, 2.24) is 10.9 Å². The van der Waals surface area contributed by atoms with E-state index in [0.717, 1.165) is 22.4 Å². The lowest BCUT2D eigenvalue weighted by Gasteiger charge is -2.12. The van der Waals surface area contributed by atoms with Crippen LogP contribution in [0.15, 0.2) is 78.9 Å². The molecule has 6 nitrogen and oxygen atoms in total. The molecule has 2 amide bonds. The minimum absolute atomic E-state index is 0.226. The Hall–Kier alpha value is -3.80. The van der Waals surface area contributed by atoms with E-state index in [0.29, 0.717) is 12.2 Å². The largest absolute Gasteiger partial charge is 0.488 e. The highest BCUT2D eigenvalue weighted by molar-refractivity contribution is 5.94. The lowest BCUT2D eigenvalue weighted by Crippen LogP contribution is -2.41. The first-order valence-corrected chi connectivity index (χ1v) is 9.26. The molecule has 0 aromatic heterocycles. The van der Waals surface area contributed by atoms with E-state index in [1.807, 2.05) is 66.7 Å². The third-order valence-electron chi connectivity index (χ3n) is 4.14. The van der Waals surface area contributed by atoms with Crippen molar-refractivity contribution in [3.63, 3.8) is 0 Å². The molecule has 0 unspecified atom stereocenters. The molecule has 2 N–H and O–H groups in total. The Bertz CT molecular complexity index is 956. The fraction of sp³-hybridized carbons (Fsp3) is 0.130. The van der Waals surface area contributed by atoms with Crippen molar-refractivity contribution in [3.8, 4) is 16.9 Å². The Morgan fingerprint density at radius 3 is 2.24 bits per heavy atom. The summed E-state index contributed by atoms with van der Waals surface area (Å²) in [5.41, 5.74) is 7.91. The van der Waals surface area contributed by atoms with Crippen molar-refractivity contribution in [3.05, 3.63) is 90.0 Å². The highest BCUT2D eigenvalue weighted by Crippen LogP contribution is 2.30. The summed E-state index contributed by atoms with van der Waals surface area (Å²) in [5, 5.41) is 0. The molecule has 3 aromatic rings. The maximum Gasteiger partial charge on any atom is 0.426 e. The van der Waals surface area contributed by atoms with Gasteiger partial charge in [-0.2, -0.15) is 0 Å². The van der Waals surface area contributed by atoms with Crippen LogP contribution in [-0.4, -0.2) is 18.6 Å². The molecule has 3 aromatic carbocycles. The van der Waals surface area contributed by atoms with E-state index in [4.69, 9.17) is 4.74 Å². The maximum absolute atomic E-state index is 12.0. The van der Waals surface area contributed by atoms with Gasteiger partial charge in [-0.1, -0.05) is 60.7 Å². The third-order valence-corrected chi connectivity index (χ3v) is 4.14. The topological polar surface area (TPSA) is 76.7 Å². The van der Waals surface area contributed by atoms with E-state index >= 15 is 0 Å². The molecule has 29 heavy (non-hydrogen) atoms. The van der Waals surface area contributed by atoms with Gasteiger partial charge in [0.1, 0.15) is 12.4 Å². The van der Waals surface area contributed by atoms with Crippen molar-refractivity contribution in [1.29, 1.82) is 0 Å². The van der Waals surface area contributed by atoms with Gasteiger partial charge in [0.05, 0.1) is 6.61 Å². The first-order chi connectivity index (χ1) is 14.2. The smallest absolute Gasteiger partial charge is 0.426 e. The van der Waals surface area contributed by atoms with Gasteiger partial charge in [-0.05, 0) is 36.2 Å². The summed E-state index contributed by atoms with van der Waals surface area (Å²) < 4.78 is 10.7. The Morgan fingerprint density at radius 1 is 0.828 bits per heavy atom. The van der Waals surface area contributed by atoms with E-state index < -0.39 is 12.0 Å². The monoisotopic (exact) mass is 390 g/mol. The summed E-state index contributed by atoms with van der Waals surface area (Å²) in [6, 6.07) is 24.9. The van der Waals surface area contributed by atoms with Crippen LogP contribution in [0.4, 0.5) is 4.79 Å². The number of benzene rings is 3. The van der Waals surface area contributed by atoms with Gasteiger partial charge in [-0.3, -0.25) is 10.2 Å². The van der Waals surface area contributed by atoms with Gasteiger partial charge in [-0.25, -0.2) is 10.2 Å². The van der Waals surface area contributed by atoms with Crippen LogP contribution in [0.1, 0.15) is 22.8 Å². The molecule has 0 radical (unpaired) electrons. The van der Waals surface area contributed by atoms with Crippen LogP contribution in [-0.2, 0) is 11.3 Å². The number of hydrogen-bond donors (Lipinski definition) is 2. The number of nitrogens with one attached hydrogen (secondary N) is 2. The number of hydrazine groups is 1. The average Bonchev–Trinajstić information content (AvgIpc) is 2.77. The van der Waals surface area contributed by atoms with Crippen molar-refractivity contribution in [2.75, 3.05) is 6.61 Å². The SMILES string of the molecule is CCOC(=O)NNC(=O)c1ccc(COc2ccccc2-c2ccccc2)cc1. The van der Waals surface area contributed by atoms with Crippen molar-refractivity contribution < 1.29 is 19.1 Å². The number of ether oxygens (including phenoxy) is 2. The summed E-state index contributed by atoms with van der Waals surface area (Å²) in [7, 11) is 0. The zero-order valence-electron chi connectivity index (χ0n) is 16.1. The minimum atomic E-state index is -0.706. The minimum Gasteiger partial charge on any atom is -0.488 e. The molecule has 3 rings (SSSR count). The van der Waals surface area contributed by atoms with Gasteiger partial charge in [0.2, 0.25) is 0 Å². The second-order valence-electron chi connectivity index (χ2n) is 6.15. The molecular formula is C23H22N2O4. The highest BCUT2D eigenvalue weighted by Gasteiger charge is 2.09. The fourth-order valence-corrected chi connectivity index (χ4v) is 2.71. The molecule has 0 heterocycles. The summed E-state index contributed by atoms with van der Waals surface area (Å²) in [6.45, 7) is 2.27. The van der Waals surface area contributed by atoms with Crippen molar-refractivity contribution in [2.24, 2.45) is 0 Å². The molecule has 148 valence electrons. The second-order valence-corrected chi connectivity index (χ2v) is 6.15. The molecule has 0 fully saturated rings. The molecule has 0 aliphatic rings. The Morgan fingerprint density at radius 2 is 1.52 bits per heavy atom. The first kappa shape index (κ1) is 19.9. The molecule has 6 heteroatoms. The molecule has 0 aliphatic carbocycles. The van der Waals surface area contributed by atoms with Crippen LogP contribution in [0.2, 0.25) is 0 Å². The summed E-state index contributed by atoms with van der Waals surface area (Å²) in [5.74, 6) is 0.360. The van der Waals surface area contributed by atoms with E-state index in [9.17, 15) is 9.59 Å². The number of para-hydroxylation sites is 1. The summed E-state index contributed by atoms with van der Waals surface area (Å²) in [6.07, 6.45) is -0.706. The summed E-state index contributed by atoms with van der Waals surface area (Å²) in [4.78, 5) is 23.3. The van der Waals surface area contributed by atoms with Gasteiger partial charge >= 0.3 is 6.09 Å². The Labute approximate surface area is 169 Å². The lowest BCUT2D eigenvalue weighted by atomic mass is 10.0. The van der Waals surface area contributed by atoms with Crippen LogP contribution >= 0.6 is 0 Å².